The van der Waals surface area contributed by atoms with Crippen LogP contribution in [0.15, 0.2) is 0 Å². The van der Waals surface area contributed by atoms with Crippen molar-refractivity contribution >= 4 is 0 Å². The lowest BCUT2D eigenvalue weighted by Gasteiger charge is -2.26. The molecule has 0 amide bonds. The van der Waals surface area contributed by atoms with E-state index >= 15 is 0 Å². The van der Waals surface area contributed by atoms with Crippen LogP contribution < -0.4 is 10.6 Å². The third-order valence-corrected chi connectivity index (χ3v) is 3.74. The number of hydrogen-bond acceptors (Lipinski definition) is 2. The van der Waals surface area contributed by atoms with E-state index in [-0.39, 0.29) is 0 Å². The monoisotopic (exact) mass is 196 g/mol. The Labute approximate surface area is 87.8 Å². The molecule has 2 nitrogen and oxygen atoms in total. The minimum Gasteiger partial charge on any atom is -0.316 e. The van der Waals surface area contributed by atoms with Crippen molar-refractivity contribution in [1.82, 2.24) is 10.6 Å². The normalized spacial score (nSPS) is 27.9. The van der Waals surface area contributed by atoms with Gasteiger partial charge in [0.1, 0.15) is 0 Å². The average Bonchev–Trinajstić information content (AvgIpc) is 2.60. The van der Waals surface area contributed by atoms with Crippen molar-refractivity contribution in [1.29, 1.82) is 0 Å². The Hall–Kier alpha value is -0.0800. The summed E-state index contributed by atoms with van der Waals surface area (Å²) in [7, 11) is 0. The van der Waals surface area contributed by atoms with Crippen LogP contribution in [0, 0.1) is 5.92 Å². The van der Waals surface area contributed by atoms with Crippen LogP contribution in [0.4, 0.5) is 0 Å². The summed E-state index contributed by atoms with van der Waals surface area (Å²) in [5, 5.41) is 7.06. The molecule has 0 aromatic carbocycles. The van der Waals surface area contributed by atoms with Gasteiger partial charge in [-0.25, -0.2) is 0 Å². The molecular weight excluding hydrogens is 172 g/mol. The summed E-state index contributed by atoms with van der Waals surface area (Å²) in [6.45, 7) is 3.78. The Morgan fingerprint density at radius 3 is 2.71 bits per heavy atom. The van der Waals surface area contributed by atoms with E-state index in [0.29, 0.717) is 0 Å². The molecule has 14 heavy (non-hydrogen) atoms. The van der Waals surface area contributed by atoms with E-state index in [9.17, 15) is 0 Å². The predicted molar refractivity (Wildman–Crippen MR) is 60.5 cm³/mol. The summed E-state index contributed by atoms with van der Waals surface area (Å²) in [6, 6.07) is 0.878. The molecule has 2 N–H and O–H groups in total. The first-order valence-corrected chi connectivity index (χ1v) is 6.39. The van der Waals surface area contributed by atoms with Crippen LogP contribution in [-0.4, -0.2) is 25.7 Å². The maximum atomic E-state index is 3.63. The number of rotatable bonds is 6. The van der Waals surface area contributed by atoms with Gasteiger partial charge in [0.05, 0.1) is 0 Å². The fourth-order valence-electron chi connectivity index (χ4n) is 2.44. The summed E-state index contributed by atoms with van der Waals surface area (Å²) in [5.74, 6) is 0.985. The SMILES string of the molecule is C(CCC1CCNC1)CNC1CCC1. The fraction of sp³-hybridized carbons (Fsp3) is 1.00. The van der Waals surface area contributed by atoms with E-state index in [0.717, 1.165) is 12.0 Å². The van der Waals surface area contributed by atoms with E-state index in [4.69, 9.17) is 0 Å². The topological polar surface area (TPSA) is 24.1 Å². The number of hydrogen-bond donors (Lipinski definition) is 2. The van der Waals surface area contributed by atoms with Crippen molar-refractivity contribution in [2.24, 2.45) is 5.92 Å². The molecule has 2 aliphatic rings. The van der Waals surface area contributed by atoms with Gasteiger partial charge in [-0.3, -0.25) is 0 Å². The van der Waals surface area contributed by atoms with Gasteiger partial charge in [-0.1, -0.05) is 12.8 Å². The zero-order chi connectivity index (χ0) is 9.64. The van der Waals surface area contributed by atoms with Crippen molar-refractivity contribution in [2.75, 3.05) is 19.6 Å². The van der Waals surface area contributed by atoms with Crippen LogP contribution in [-0.2, 0) is 0 Å². The van der Waals surface area contributed by atoms with Gasteiger partial charge in [-0.05, 0) is 57.7 Å². The van der Waals surface area contributed by atoms with E-state index in [2.05, 4.69) is 10.6 Å². The van der Waals surface area contributed by atoms with Gasteiger partial charge in [-0.2, -0.15) is 0 Å². The van der Waals surface area contributed by atoms with Crippen LogP contribution in [0.25, 0.3) is 0 Å². The summed E-state index contributed by atoms with van der Waals surface area (Å²) in [6.07, 6.45) is 9.96. The van der Waals surface area contributed by atoms with Crippen LogP contribution in [0.1, 0.15) is 44.9 Å². The second-order valence-corrected chi connectivity index (χ2v) is 4.94. The minimum absolute atomic E-state index is 0.878. The van der Waals surface area contributed by atoms with Crippen LogP contribution in [0.3, 0.4) is 0 Å². The van der Waals surface area contributed by atoms with Gasteiger partial charge in [-0.15, -0.1) is 0 Å². The molecule has 0 spiro atoms. The maximum absolute atomic E-state index is 3.63. The van der Waals surface area contributed by atoms with E-state index in [1.807, 2.05) is 0 Å². The maximum Gasteiger partial charge on any atom is 0.00670 e. The molecule has 1 saturated heterocycles. The zero-order valence-electron chi connectivity index (χ0n) is 9.23. The van der Waals surface area contributed by atoms with Crippen LogP contribution in [0.2, 0.25) is 0 Å². The van der Waals surface area contributed by atoms with Gasteiger partial charge in [0, 0.05) is 6.04 Å². The largest absolute Gasteiger partial charge is 0.316 e. The molecule has 82 valence electrons. The number of unbranched alkanes of at least 4 members (excludes halogenated alkanes) is 1. The first-order valence-electron chi connectivity index (χ1n) is 6.39. The Morgan fingerprint density at radius 2 is 2.07 bits per heavy atom. The minimum atomic E-state index is 0.878. The third kappa shape index (κ3) is 3.25. The lowest BCUT2D eigenvalue weighted by Crippen LogP contribution is -2.35. The molecule has 2 heteroatoms. The van der Waals surface area contributed by atoms with Crippen molar-refractivity contribution in [3.05, 3.63) is 0 Å². The van der Waals surface area contributed by atoms with Crippen LogP contribution in [0.5, 0.6) is 0 Å². The zero-order valence-corrected chi connectivity index (χ0v) is 9.23. The van der Waals surface area contributed by atoms with Crippen molar-refractivity contribution in [3.8, 4) is 0 Å². The van der Waals surface area contributed by atoms with Gasteiger partial charge < -0.3 is 10.6 Å². The van der Waals surface area contributed by atoms with E-state index in [1.165, 1.54) is 64.6 Å². The summed E-state index contributed by atoms with van der Waals surface area (Å²) < 4.78 is 0. The standard InChI is InChI=1S/C12H24N2/c1(4-11-7-9-13-10-11)2-8-14-12-5-3-6-12/h11-14H,1-10H2. The van der Waals surface area contributed by atoms with Crippen LogP contribution >= 0.6 is 0 Å². The first kappa shape index (κ1) is 10.4. The Bertz CT molecular complexity index is 148. The number of nitrogens with one attached hydrogen (secondary N) is 2. The smallest absolute Gasteiger partial charge is 0.00670 e. The highest BCUT2D eigenvalue weighted by molar-refractivity contribution is 4.76. The lowest BCUT2D eigenvalue weighted by atomic mass is 9.93. The Balaban J connectivity index is 1.39. The molecule has 0 aromatic heterocycles. The van der Waals surface area contributed by atoms with Crippen molar-refractivity contribution < 1.29 is 0 Å². The van der Waals surface area contributed by atoms with Crippen molar-refractivity contribution in [3.63, 3.8) is 0 Å². The van der Waals surface area contributed by atoms with E-state index in [1.54, 1.807) is 0 Å². The molecule has 0 radical (unpaired) electrons. The molecule has 1 aliphatic carbocycles. The van der Waals surface area contributed by atoms with Crippen molar-refractivity contribution in [2.45, 2.75) is 51.0 Å². The van der Waals surface area contributed by atoms with Gasteiger partial charge in [0.15, 0.2) is 0 Å². The summed E-state index contributed by atoms with van der Waals surface area (Å²) >= 11 is 0. The van der Waals surface area contributed by atoms with E-state index < -0.39 is 0 Å². The predicted octanol–water partition coefficient (Wildman–Crippen LogP) is 1.91. The van der Waals surface area contributed by atoms with Gasteiger partial charge in [0.2, 0.25) is 0 Å². The first-order chi connectivity index (χ1) is 6.95. The molecule has 1 saturated carbocycles. The molecule has 2 fully saturated rings. The summed E-state index contributed by atoms with van der Waals surface area (Å²) in [5.41, 5.74) is 0. The molecule has 0 bridgehead atoms. The highest BCUT2D eigenvalue weighted by atomic mass is 14.9. The third-order valence-electron chi connectivity index (χ3n) is 3.74. The fourth-order valence-corrected chi connectivity index (χ4v) is 2.44. The molecule has 1 unspecified atom stereocenters. The lowest BCUT2D eigenvalue weighted by molar-refractivity contribution is 0.335. The van der Waals surface area contributed by atoms with Gasteiger partial charge in [0.25, 0.3) is 0 Å². The molecule has 0 aromatic rings. The van der Waals surface area contributed by atoms with Gasteiger partial charge >= 0.3 is 0 Å². The molecular formula is C12H24N2. The highest BCUT2D eigenvalue weighted by Gasteiger charge is 2.16. The molecule has 1 atom stereocenters. The molecule has 1 heterocycles. The Morgan fingerprint density at radius 1 is 1.14 bits per heavy atom. The Kier molecular flexibility index (Phi) is 4.26. The summed E-state index contributed by atoms with van der Waals surface area (Å²) in [4.78, 5) is 0. The quantitative estimate of drug-likeness (QED) is 0.634. The average molecular weight is 196 g/mol. The molecule has 2 rings (SSSR count). The second kappa shape index (κ2) is 5.72. The molecule has 1 aliphatic heterocycles. The highest BCUT2D eigenvalue weighted by Crippen LogP contribution is 2.18. The second-order valence-electron chi connectivity index (χ2n) is 4.94.